The molecule has 13 heteroatoms. The second kappa shape index (κ2) is 18.1. The molecule has 54 heavy (non-hydrogen) atoms. The van der Waals surface area contributed by atoms with Crippen LogP contribution in [0.15, 0.2) is 54.6 Å². The average molecular weight is 748 g/mol. The largest absolute Gasteiger partial charge is 0.459 e. The molecule has 0 aliphatic heterocycles. The van der Waals surface area contributed by atoms with Gasteiger partial charge in [0.15, 0.2) is 0 Å². The van der Waals surface area contributed by atoms with Gasteiger partial charge in [-0.05, 0) is 119 Å². The van der Waals surface area contributed by atoms with Crippen molar-refractivity contribution < 1.29 is 38.1 Å². The molecule has 13 nitrogen and oxygen atoms in total. The van der Waals surface area contributed by atoms with E-state index >= 15 is 0 Å². The fourth-order valence-corrected chi connectivity index (χ4v) is 5.09. The van der Waals surface area contributed by atoms with Crippen LogP contribution in [0.2, 0.25) is 0 Å². The van der Waals surface area contributed by atoms with E-state index in [0.29, 0.717) is 22.8 Å². The Balaban J connectivity index is 1.89. The molecule has 0 atom stereocenters. The van der Waals surface area contributed by atoms with Gasteiger partial charge in [0.2, 0.25) is 0 Å². The van der Waals surface area contributed by atoms with Crippen molar-refractivity contribution in [2.75, 3.05) is 13.1 Å². The van der Waals surface area contributed by atoms with E-state index in [1.807, 2.05) is 28.0 Å². The predicted octanol–water partition coefficient (Wildman–Crippen LogP) is 6.47. The molecule has 0 fully saturated rings. The summed E-state index contributed by atoms with van der Waals surface area (Å²) < 4.78 is 22.3. The highest BCUT2D eigenvalue weighted by atomic mass is 16.6. The van der Waals surface area contributed by atoms with Gasteiger partial charge in [-0.2, -0.15) is 0 Å². The Morgan fingerprint density at radius 3 is 1.02 bits per heavy atom. The lowest BCUT2D eigenvalue weighted by atomic mass is 10.2. The zero-order valence-electron chi connectivity index (χ0n) is 33.9. The number of ether oxygens (including phenoxy) is 4. The molecule has 0 unspecified atom stereocenters. The monoisotopic (exact) mass is 747 g/mol. The number of aromatic nitrogens is 3. The van der Waals surface area contributed by atoms with Gasteiger partial charge in [-0.3, -0.25) is 24.4 Å². The van der Waals surface area contributed by atoms with E-state index in [2.05, 4.69) is 9.97 Å². The second-order valence-electron chi connectivity index (χ2n) is 17.1. The third-order valence-electron chi connectivity index (χ3n) is 6.78. The van der Waals surface area contributed by atoms with Gasteiger partial charge in [-0.25, -0.2) is 19.6 Å². The Hall–Kier alpha value is -4.75. The molecule has 0 aliphatic rings. The van der Waals surface area contributed by atoms with Crippen LogP contribution in [0, 0.1) is 0 Å². The first kappa shape index (κ1) is 43.7. The van der Waals surface area contributed by atoms with Crippen molar-refractivity contribution in [3.63, 3.8) is 0 Å². The predicted molar refractivity (Wildman–Crippen MR) is 203 cm³/mol. The molecular weight excluding hydrogens is 690 g/mol. The standard InChI is InChI=1S/C41H57N5O8/c1-38(2,3)51-34(47)26-45(24-30-18-14-20-32(43-30)36(49)53-40(7,8)9)22-28-16-13-17-29(42-28)23-46(27-35(48)52-39(4,5)6)25-31-19-15-21-33(44-31)37(50)54-41(10,11)12/h13-21H,22-27H2,1-12H3. The molecule has 3 heterocycles. The van der Waals surface area contributed by atoms with Crippen molar-refractivity contribution >= 4 is 23.9 Å². The molecule has 0 saturated carbocycles. The van der Waals surface area contributed by atoms with E-state index in [4.69, 9.17) is 23.9 Å². The summed E-state index contributed by atoms with van der Waals surface area (Å²) in [6, 6.07) is 15.7. The Bertz CT molecular complexity index is 1640. The highest BCUT2D eigenvalue weighted by Gasteiger charge is 2.25. The molecule has 3 aromatic rings. The summed E-state index contributed by atoms with van der Waals surface area (Å²) in [5.74, 6) is -1.93. The number of hydrogen-bond donors (Lipinski definition) is 0. The van der Waals surface area contributed by atoms with E-state index < -0.39 is 46.3 Å². The van der Waals surface area contributed by atoms with E-state index in [-0.39, 0.29) is 50.7 Å². The highest BCUT2D eigenvalue weighted by Crippen LogP contribution is 2.17. The lowest BCUT2D eigenvalue weighted by molar-refractivity contribution is -0.157. The molecular formula is C41H57N5O8. The van der Waals surface area contributed by atoms with E-state index in [9.17, 15) is 19.2 Å². The fourth-order valence-electron chi connectivity index (χ4n) is 5.09. The Kier molecular flexibility index (Phi) is 14.6. The molecule has 0 bridgehead atoms. The molecule has 3 rings (SSSR count). The second-order valence-corrected chi connectivity index (χ2v) is 17.1. The number of hydrogen-bond acceptors (Lipinski definition) is 13. The maximum Gasteiger partial charge on any atom is 0.357 e. The first-order valence-corrected chi connectivity index (χ1v) is 18.0. The van der Waals surface area contributed by atoms with Crippen LogP contribution < -0.4 is 0 Å². The van der Waals surface area contributed by atoms with E-state index in [0.717, 1.165) is 0 Å². The van der Waals surface area contributed by atoms with Crippen molar-refractivity contribution in [1.82, 2.24) is 24.8 Å². The maximum atomic E-state index is 13.0. The molecule has 294 valence electrons. The number of rotatable bonds is 14. The minimum absolute atomic E-state index is 0.0635. The quantitative estimate of drug-likeness (QED) is 0.131. The normalized spacial score (nSPS) is 12.4. The van der Waals surface area contributed by atoms with E-state index in [1.54, 1.807) is 119 Å². The first-order chi connectivity index (χ1) is 24.8. The zero-order chi connectivity index (χ0) is 40.5. The summed E-state index contributed by atoms with van der Waals surface area (Å²) in [5, 5.41) is 0. The van der Waals surface area contributed by atoms with Gasteiger partial charge in [-0.15, -0.1) is 0 Å². The van der Waals surface area contributed by atoms with Crippen molar-refractivity contribution in [3.8, 4) is 0 Å². The highest BCUT2D eigenvalue weighted by molar-refractivity contribution is 5.88. The van der Waals surface area contributed by atoms with Gasteiger partial charge in [0, 0.05) is 26.2 Å². The molecule has 0 aromatic carbocycles. The van der Waals surface area contributed by atoms with Crippen molar-refractivity contribution in [2.45, 2.75) is 132 Å². The van der Waals surface area contributed by atoms with Crippen molar-refractivity contribution in [2.24, 2.45) is 0 Å². The third kappa shape index (κ3) is 16.9. The van der Waals surface area contributed by atoms with Gasteiger partial charge >= 0.3 is 23.9 Å². The van der Waals surface area contributed by atoms with Crippen LogP contribution in [0.5, 0.6) is 0 Å². The Labute approximate surface area is 319 Å². The average Bonchev–Trinajstić information content (AvgIpc) is 2.98. The van der Waals surface area contributed by atoms with Gasteiger partial charge in [0.05, 0.1) is 35.9 Å². The van der Waals surface area contributed by atoms with Crippen LogP contribution in [0.4, 0.5) is 0 Å². The molecule has 0 saturated heterocycles. The van der Waals surface area contributed by atoms with Crippen LogP contribution in [0.3, 0.4) is 0 Å². The fraction of sp³-hybridized carbons (Fsp3) is 0.537. The van der Waals surface area contributed by atoms with Gasteiger partial charge in [-0.1, -0.05) is 18.2 Å². The molecule has 0 N–H and O–H groups in total. The number of pyridine rings is 3. The van der Waals surface area contributed by atoms with Crippen LogP contribution >= 0.6 is 0 Å². The van der Waals surface area contributed by atoms with Gasteiger partial charge in [0.1, 0.15) is 33.8 Å². The summed E-state index contributed by atoms with van der Waals surface area (Å²) in [6.07, 6.45) is 0. The summed E-state index contributed by atoms with van der Waals surface area (Å²) in [6.45, 7) is 22.3. The van der Waals surface area contributed by atoms with Crippen molar-refractivity contribution in [3.05, 3.63) is 88.8 Å². The van der Waals surface area contributed by atoms with Crippen LogP contribution in [-0.4, -0.2) is 84.1 Å². The number of nitrogens with zero attached hydrogens (tertiary/aromatic N) is 5. The van der Waals surface area contributed by atoms with Crippen LogP contribution in [-0.2, 0) is 54.7 Å². The number of carbonyl (C=O) groups is 4. The Morgan fingerprint density at radius 1 is 0.444 bits per heavy atom. The maximum absolute atomic E-state index is 13.0. The summed E-state index contributed by atoms with van der Waals surface area (Å²) in [7, 11) is 0. The number of esters is 4. The molecule has 0 spiro atoms. The molecule has 0 amide bonds. The van der Waals surface area contributed by atoms with Crippen LogP contribution in [0.1, 0.15) is 127 Å². The van der Waals surface area contributed by atoms with Gasteiger partial charge < -0.3 is 18.9 Å². The van der Waals surface area contributed by atoms with Gasteiger partial charge in [0.25, 0.3) is 0 Å². The zero-order valence-corrected chi connectivity index (χ0v) is 33.9. The lowest BCUT2D eigenvalue weighted by Gasteiger charge is -2.26. The Morgan fingerprint density at radius 2 is 0.722 bits per heavy atom. The molecule has 0 aliphatic carbocycles. The van der Waals surface area contributed by atoms with E-state index in [1.165, 1.54) is 0 Å². The van der Waals surface area contributed by atoms with Crippen LogP contribution in [0.25, 0.3) is 0 Å². The minimum atomic E-state index is -0.686. The summed E-state index contributed by atoms with van der Waals surface area (Å²) in [4.78, 5) is 69.2. The topological polar surface area (TPSA) is 150 Å². The number of carbonyl (C=O) groups excluding carboxylic acids is 4. The molecule has 0 radical (unpaired) electrons. The third-order valence-corrected chi connectivity index (χ3v) is 6.78. The smallest absolute Gasteiger partial charge is 0.357 e. The van der Waals surface area contributed by atoms with Crippen molar-refractivity contribution in [1.29, 1.82) is 0 Å². The summed E-state index contributed by atoms with van der Waals surface area (Å²) in [5.41, 5.74) is 0.0125. The summed E-state index contributed by atoms with van der Waals surface area (Å²) >= 11 is 0. The SMILES string of the molecule is CC(C)(C)OC(=O)CN(Cc1cccc(CN(CC(=O)OC(C)(C)C)Cc2cccc(C(=O)OC(C)(C)C)n2)n1)Cc1cccc(C(=O)OC(C)(C)C)n1. The molecule has 3 aromatic heterocycles. The first-order valence-electron chi connectivity index (χ1n) is 18.0. The minimum Gasteiger partial charge on any atom is -0.459 e. The lowest BCUT2D eigenvalue weighted by Crippen LogP contribution is -2.35.